The van der Waals surface area contributed by atoms with Crippen LogP contribution in [0.15, 0.2) is 30.6 Å². The summed E-state index contributed by atoms with van der Waals surface area (Å²) in [4.78, 5) is 4.32. The van der Waals surface area contributed by atoms with Gasteiger partial charge in [0.1, 0.15) is 0 Å². The molecular formula is C11H13N3O. The van der Waals surface area contributed by atoms with Gasteiger partial charge in [0.05, 0.1) is 29.5 Å². The lowest BCUT2D eigenvalue weighted by Gasteiger charge is -2.15. The van der Waals surface area contributed by atoms with Crippen molar-refractivity contribution >= 4 is 11.0 Å². The number of hydrogen-bond acceptors (Lipinski definition) is 3. The van der Waals surface area contributed by atoms with E-state index in [2.05, 4.69) is 14.9 Å². The molecular weight excluding hydrogens is 190 g/mol. The van der Waals surface area contributed by atoms with Crippen LogP contribution in [0.2, 0.25) is 0 Å². The average molecular weight is 203 g/mol. The highest BCUT2D eigenvalue weighted by atomic mass is 16.3. The van der Waals surface area contributed by atoms with Crippen molar-refractivity contribution in [2.75, 3.05) is 13.1 Å². The topological polar surface area (TPSA) is 50.1 Å². The number of β-amino-alcohol motifs (C(OH)–C–C–N with tert-alkyl or cyclic N) is 1. The quantitative estimate of drug-likeness (QED) is 0.711. The van der Waals surface area contributed by atoms with Gasteiger partial charge in [-0.3, -0.25) is 0 Å². The van der Waals surface area contributed by atoms with E-state index in [1.165, 1.54) is 0 Å². The van der Waals surface area contributed by atoms with E-state index in [1.807, 2.05) is 30.6 Å². The predicted octanol–water partition coefficient (Wildman–Crippen LogP) is 0.541. The number of nitrogens with one attached hydrogen (secondary N) is 1. The third kappa shape index (κ3) is 1.33. The van der Waals surface area contributed by atoms with Crippen LogP contribution in [0.4, 0.5) is 0 Å². The van der Waals surface area contributed by atoms with Gasteiger partial charge in [-0.15, -0.1) is 0 Å². The second-order valence-corrected chi connectivity index (χ2v) is 3.93. The second-order valence-electron chi connectivity index (χ2n) is 3.93. The minimum absolute atomic E-state index is 0.109. The standard InChI is InChI=1S/C11H13N3O/c15-11-6-12-5-10(11)14-7-13-8-3-1-2-4-9(8)14/h1-4,7,10-12,15H,5-6H2. The molecule has 1 fully saturated rings. The number of fused-ring (bicyclic) bond motifs is 1. The maximum atomic E-state index is 9.81. The van der Waals surface area contributed by atoms with Crippen LogP contribution in [-0.4, -0.2) is 33.9 Å². The Labute approximate surface area is 87.5 Å². The van der Waals surface area contributed by atoms with Gasteiger partial charge in [-0.1, -0.05) is 12.1 Å². The third-order valence-corrected chi connectivity index (χ3v) is 2.99. The molecule has 78 valence electrons. The van der Waals surface area contributed by atoms with Crippen molar-refractivity contribution < 1.29 is 5.11 Å². The Morgan fingerprint density at radius 2 is 2.20 bits per heavy atom. The molecule has 0 aliphatic carbocycles. The van der Waals surface area contributed by atoms with Crippen molar-refractivity contribution in [1.82, 2.24) is 14.9 Å². The largest absolute Gasteiger partial charge is 0.390 e. The first kappa shape index (κ1) is 8.88. The van der Waals surface area contributed by atoms with Crippen LogP contribution in [0, 0.1) is 0 Å². The number of imidazole rings is 1. The fourth-order valence-corrected chi connectivity index (χ4v) is 2.18. The van der Waals surface area contributed by atoms with E-state index in [9.17, 15) is 5.11 Å². The number of aliphatic hydroxyl groups is 1. The summed E-state index contributed by atoms with van der Waals surface area (Å²) < 4.78 is 2.06. The number of aliphatic hydroxyl groups excluding tert-OH is 1. The number of rotatable bonds is 1. The molecule has 2 heterocycles. The zero-order chi connectivity index (χ0) is 10.3. The molecule has 1 aromatic carbocycles. The molecule has 2 N–H and O–H groups in total. The number of hydrogen-bond donors (Lipinski definition) is 2. The maximum absolute atomic E-state index is 9.81. The highest BCUT2D eigenvalue weighted by Gasteiger charge is 2.27. The Morgan fingerprint density at radius 3 is 3.00 bits per heavy atom. The summed E-state index contributed by atoms with van der Waals surface area (Å²) in [6.07, 6.45) is 1.49. The zero-order valence-electron chi connectivity index (χ0n) is 8.30. The van der Waals surface area contributed by atoms with Crippen LogP contribution >= 0.6 is 0 Å². The van der Waals surface area contributed by atoms with E-state index in [4.69, 9.17) is 0 Å². The fourth-order valence-electron chi connectivity index (χ4n) is 2.18. The SMILES string of the molecule is OC1CNCC1n1cnc2ccccc21. The van der Waals surface area contributed by atoms with Gasteiger partial charge in [0.25, 0.3) is 0 Å². The molecule has 0 amide bonds. The van der Waals surface area contributed by atoms with E-state index in [0.717, 1.165) is 17.6 Å². The van der Waals surface area contributed by atoms with Crippen molar-refractivity contribution in [1.29, 1.82) is 0 Å². The van der Waals surface area contributed by atoms with Crippen LogP contribution in [0.1, 0.15) is 6.04 Å². The average Bonchev–Trinajstić information content (AvgIpc) is 2.83. The zero-order valence-corrected chi connectivity index (χ0v) is 8.30. The number of nitrogens with zero attached hydrogens (tertiary/aromatic N) is 2. The van der Waals surface area contributed by atoms with Gasteiger partial charge in [-0.2, -0.15) is 0 Å². The molecule has 15 heavy (non-hydrogen) atoms. The molecule has 1 aromatic heterocycles. The lowest BCUT2D eigenvalue weighted by Crippen LogP contribution is -2.21. The van der Waals surface area contributed by atoms with Crippen LogP contribution < -0.4 is 5.32 Å². The first-order chi connectivity index (χ1) is 7.36. The lowest BCUT2D eigenvalue weighted by molar-refractivity contribution is 0.153. The summed E-state index contributed by atoms with van der Waals surface area (Å²) in [6.45, 7) is 1.47. The Balaban J connectivity index is 2.10. The highest BCUT2D eigenvalue weighted by molar-refractivity contribution is 5.75. The molecule has 2 atom stereocenters. The number of benzene rings is 1. The predicted molar refractivity (Wildman–Crippen MR) is 57.6 cm³/mol. The summed E-state index contributed by atoms with van der Waals surface area (Å²) >= 11 is 0. The van der Waals surface area contributed by atoms with E-state index in [1.54, 1.807) is 0 Å². The maximum Gasteiger partial charge on any atom is 0.0962 e. The summed E-state index contributed by atoms with van der Waals surface area (Å²) in [5, 5.41) is 13.0. The fraction of sp³-hybridized carbons (Fsp3) is 0.364. The van der Waals surface area contributed by atoms with Gasteiger partial charge < -0.3 is 15.0 Å². The summed E-state index contributed by atoms with van der Waals surface area (Å²) in [5.74, 6) is 0. The molecule has 0 saturated carbocycles. The number of para-hydroxylation sites is 2. The molecule has 4 heteroatoms. The summed E-state index contributed by atoms with van der Waals surface area (Å²) in [7, 11) is 0. The molecule has 1 aliphatic heterocycles. The minimum atomic E-state index is -0.317. The minimum Gasteiger partial charge on any atom is -0.390 e. The molecule has 1 saturated heterocycles. The van der Waals surface area contributed by atoms with Crippen LogP contribution in [-0.2, 0) is 0 Å². The van der Waals surface area contributed by atoms with Crippen molar-refractivity contribution in [3.8, 4) is 0 Å². The summed E-state index contributed by atoms with van der Waals surface area (Å²) in [5.41, 5.74) is 2.07. The second kappa shape index (κ2) is 3.32. The number of aromatic nitrogens is 2. The smallest absolute Gasteiger partial charge is 0.0962 e. The van der Waals surface area contributed by atoms with Crippen LogP contribution in [0.5, 0.6) is 0 Å². The molecule has 0 radical (unpaired) electrons. The van der Waals surface area contributed by atoms with Gasteiger partial charge in [-0.05, 0) is 12.1 Å². The molecule has 1 aliphatic rings. The molecule has 2 unspecified atom stereocenters. The van der Waals surface area contributed by atoms with E-state index >= 15 is 0 Å². The first-order valence-electron chi connectivity index (χ1n) is 5.16. The van der Waals surface area contributed by atoms with Gasteiger partial charge in [0.2, 0.25) is 0 Å². The Kier molecular flexibility index (Phi) is 1.97. The van der Waals surface area contributed by atoms with Crippen LogP contribution in [0.3, 0.4) is 0 Å². The monoisotopic (exact) mass is 203 g/mol. The van der Waals surface area contributed by atoms with Crippen molar-refractivity contribution in [2.45, 2.75) is 12.1 Å². The lowest BCUT2D eigenvalue weighted by atomic mass is 10.2. The highest BCUT2D eigenvalue weighted by Crippen LogP contribution is 2.21. The molecule has 2 aromatic rings. The Hall–Kier alpha value is -1.39. The van der Waals surface area contributed by atoms with Crippen molar-refractivity contribution in [3.63, 3.8) is 0 Å². The van der Waals surface area contributed by atoms with Crippen molar-refractivity contribution in [2.24, 2.45) is 0 Å². The Morgan fingerprint density at radius 1 is 1.33 bits per heavy atom. The van der Waals surface area contributed by atoms with Gasteiger partial charge in [0, 0.05) is 13.1 Å². The first-order valence-corrected chi connectivity index (χ1v) is 5.16. The van der Waals surface area contributed by atoms with Gasteiger partial charge in [0.15, 0.2) is 0 Å². The van der Waals surface area contributed by atoms with Crippen molar-refractivity contribution in [3.05, 3.63) is 30.6 Å². The van der Waals surface area contributed by atoms with E-state index < -0.39 is 0 Å². The molecule has 0 bridgehead atoms. The summed E-state index contributed by atoms with van der Waals surface area (Å²) in [6, 6.07) is 8.10. The van der Waals surface area contributed by atoms with Crippen LogP contribution in [0.25, 0.3) is 11.0 Å². The molecule has 4 nitrogen and oxygen atoms in total. The van der Waals surface area contributed by atoms with Gasteiger partial charge in [-0.25, -0.2) is 4.98 Å². The molecule has 3 rings (SSSR count). The van der Waals surface area contributed by atoms with Gasteiger partial charge >= 0.3 is 0 Å². The molecule has 0 spiro atoms. The Bertz CT molecular complexity index is 479. The van der Waals surface area contributed by atoms with E-state index in [-0.39, 0.29) is 12.1 Å². The normalized spacial score (nSPS) is 26.2. The van der Waals surface area contributed by atoms with E-state index in [0.29, 0.717) is 6.54 Å². The third-order valence-electron chi connectivity index (χ3n) is 2.99.